The first kappa shape index (κ1) is 19.7. The number of ether oxygens (including phenoxy) is 1. The zero-order valence-electron chi connectivity index (χ0n) is 14.7. The molecule has 1 aromatic carbocycles. The molecule has 0 bridgehead atoms. The van der Waals surface area contributed by atoms with Crippen molar-refractivity contribution in [3.05, 3.63) is 29.8 Å². The second kappa shape index (κ2) is 9.17. The maximum Gasteiger partial charge on any atom is 0.421 e. The summed E-state index contributed by atoms with van der Waals surface area (Å²) < 4.78 is 35.0. The van der Waals surface area contributed by atoms with E-state index in [2.05, 4.69) is 5.43 Å². The first-order valence-electron chi connectivity index (χ1n) is 8.59. The van der Waals surface area contributed by atoms with Gasteiger partial charge in [-0.05, 0) is 38.3 Å². The van der Waals surface area contributed by atoms with E-state index in [4.69, 9.17) is 8.92 Å². The SMILES string of the molecule is CCCCOC(=O)NN1CCC(OS(=O)(=O)c2ccc(C)cc2)CC1. The van der Waals surface area contributed by atoms with Gasteiger partial charge in [-0.1, -0.05) is 31.0 Å². The number of nitrogens with zero attached hydrogens (tertiary/aromatic N) is 1. The smallest absolute Gasteiger partial charge is 0.421 e. The van der Waals surface area contributed by atoms with Crippen LogP contribution in [0.1, 0.15) is 38.2 Å². The summed E-state index contributed by atoms with van der Waals surface area (Å²) in [6.45, 7) is 5.34. The van der Waals surface area contributed by atoms with E-state index < -0.39 is 16.2 Å². The summed E-state index contributed by atoms with van der Waals surface area (Å²) in [6.07, 6.45) is 1.97. The van der Waals surface area contributed by atoms with Gasteiger partial charge in [-0.25, -0.2) is 9.80 Å². The standard InChI is InChI=1S/C17H26N2O5S/c1-3-4-13-23-17(20)18-19-11-9-15(10-12-19)24-25(21,22)16-7-5-14(2)6-8-16/h5-8,15H,3-4,9-13H2,1-2H3,(H,18,20). The summed E-state index contributed by atoms with van der Waals surface area (Å²) in [7, 11) is -3.76. The fraction of sp³-hybridized carbons (Fsp3) is 0.588. The molecule has 0 spiro atoms. The van der Waals surface area contributed by atoms with Gasteiger partial charge in [-0.15, -0.1) is 0 Å². The number of amides is 1. The quantitative estimate of drug-likeness (QED) is 0.587. The van der Waals surface area contributed by atoms with Crippen molar-refractivity contribution in [1.82, 2.24) is 10.4 Å². The molecule has 25 heavy (non-hydrogen) atoms. The van der Waals surface area contributed by atoms with Crippen LogP contribution >= 0.6 is 0 Å². The fourth-order valence-electron chi connectivity index (χ4n) is 2.47. The van der Waals surface area contributed by atoms with E-state index >= 15 is 0 Å². The minimum atomic E-state index is -3.76. The average Bonchev–Trinajstić information content (AvgIpc) is 2.57. The van der Waals surface area contributed by atoms with Gasteiger partial charge >= 0.3 is 6.09 Å². The largest absolute Gasteiger partial charge is 0.449 e. The highest BCUT2D eigenvalue weighted by atomic mass is 32.2. The van der Waals surface area contributed by atoms with E-state index in [0.29, 0.717) is 32.5 Å². The molecule has 1 saturated heterocycles. The normalized spacial score (nSPS) is 16.6. The van der Waals surface area contributed by atoms with Crippen LogP contribution in [0.25, 0.3) is 0 Å². The first-order chi connectivity index (χ1) is 11.9. The minimum Gasteiger partial charge on any atom is -0.449 e. The molecule has 2 rings (SSSR count). The van der Waals surface area contributed by atoms with Crippen LogP contribution in [0.5, 0.6) is 0 Å². The van der Waals surface area contributed by atoms with Crippen molar-refractivity contribution in [2.45, 2.75) is 50.5 Å². The molecular weight excluding hydrogens is 344 g/mol. The second-order valence-electron chi connectivity index (χ2n) is 6.15. The van der Waals surface area contributed by atoms with Gasteiger partial charge in [0.1, 0.15) is 0 Å². The number of rotatable bonds is 7. The average molecular weight is 370 g/mol. The van der Waals surface area contributed by atoms with Crippen molar-refractivity contribution < 1.29 is 22.1 Å². The van der Waals surface area contributed by atoms with Gasteiger partial charge in [0.25, 0.3) is 10.1 Å². The van der Waals surface area contributed by atoms with Crippen molar-refractivity contribution in [2.75, 3.05) is 19.7 Å². The van der Waals surface area contributed by atoms with E-state index in [1.54, 1.807) is 29.3 Å². The number of hydrazine groups is 1. The summed E-state index contributed by atoms with van der Waals surface area (Å²) in [5.41, 5.74) is 3.66. The lowest BCUT2D eigenvalue weighted by Crippen LogP contribution is -2.48. The van der Waals surface area contributed by atoms with Crippen molar-refractivity contribution in [1.29, 1.82) is 0 Å². The molecule has 0 radical (unpaired) electrons. The molecule has 1 N–H and O–H groups in total. The Balaban J connectivity index is 1.78. The lowest BCUT2D eigenvalue weighted by Gasteiger charge is -2.31. The number of unbranched alkanes of at least 4 members (excludes halogenated alkanes) is 1. The molecule has 0 aliphatic carbocycles. The maximum atomic E-state index is 12.3. The Bertz CT molecular complexity index is 652. The molecular formula is C17H26N2O5S. The van der Waals surface area contributed by atoms with Crippen LogP contribution < -0.4 is 5.43 Å². The van der Waals surface area contributed by atoms with Gasteiger partial charge in [-0.3, -0.25) is 9.61 Å². The first-order valence-corrected chi connectivity index (χ1v) is 10.00. The third-order valence-electron chi connectivity index (χ3n) is 3.99. The van der Waals surface area contributed by atoms with Crippen LogP contribution in [0.4, 0.5) is 4.79 Å². The van der Waals surface area contributed by atoms with Crippen molar-refractivity contribution in [2.24, 2.45) is 0 Å². The van der Waals surface area contributed by atoms with Gasteiger partial charge in [0.15, 0.2) is 0 Å². The number of piperidine rings is 1. The predicted octanol–water partition coefficient (Wildman–Crippen LogP) is 2.61. The molecule has 1 aromatic rings. The fourth-order valence-corrected chi connectivity index (χ4v) is 3.61. The molecule has 1 heterocycles. The second-order valence-corrected chi connectivity index (χ2v) is 7.72. The van der Waals surface area contributed by atoms with Gasteiger partial charge < -0.3 is 4.74 Å². The molecule has 140 valence electrons. The third kappa shape index (κ3) is 6.30. The monoisotopic (exact) mass is 370 g/mol. The summed E-state index contributed by atoms with van der Waals surface area (Å²) >= 11 is 0. The van der Waals surface area contributed by atoms with Gasteiger partial charge in [0.2, 0.25) is 0 Å². The van der Waals surface area contributed by atoms with E-state index in [-0.39, 0.29) is 11.0 Å². The topological polar surface area (TPSA) is 84.9 Å². The van der Waals surface area contributed by atoms with Gasteiger partial charge in [0, 0.05) is 13.1 Å². The number of aryl methyl sites for hydroxylation is 1. The molecule has 1 amide bonds. The maximum absolute atomic E-state index is 12.3. The Morgan fingerprint density at radius 1 is 1.24 bits per heavy atom. The summed E-state index contributed by atoms with van der Waals surface area (Å²) in [5, 5.41) is 1.73. The Hall–Kier alpha value is -1.64. The Morgan fingerprint density at radius 3 is 2.48 bits per heavy atom. The summed E-state index contributed by atoms with van der Waals surface area (Å²) in [4.78, 5) is 11.8. The lowest BCUT2D eigenvalue weighted by molar-refractivity contribution is 0.0596. The predicted molar refractivity (Wildman–Crippen MR) is 93.4 cm³/mol. The van der Waals surface area contributed by atoms with Crippen LogP contribution in [0.2, 0.25) is 0 Å². The summed E-state index contributed by atoms with van der Waals surface area (Å²) in [6, 6.07) is 6.58. The molecule has 1 aliphatic heterocycles. The van der Waals surface area contributed by atoms with Gasteiger partial charge in [-0.2, -0.15) is 8.42 Å². The van der Waals surface area contributed by atoms with E-state index in [0.717, 1.165) is 18.4 Å². The molecule has 1 fully saturated rings. The number of hydrogen-bond donors (Lipinski definition) is 1. The number of carbonyl (C=O) groups is 1. The lowest BCUT2D eigenvalue weighted by atomic mass is 10.1. The number of nitrogens with one attached hydrogen (secondary N) is 1. The highest BCUT2D eigenvalue weighted by molar-refractivity contribution is 7.86. The minimum absolute atomic E-state index is 0.165. The number of hydrogen-bond acceptors (Lipinski definition) is 6. The van der Waals surface area contributed by atoms with Crippen molar-refractivity contribution >= 4 is 16.2 Å². The van der Waals surface area contributed by atoms with Crippen LogP contribution in [0.15, 0.2) is 29.2 Å². The highest BCUT2D eigenvalue weighted by Crippen LogP contribution is 2.20. The highest BCUT2D eigenvalue weighted by Gasteiger charge is 2.26. The summed E-state index contributed by atoms with van der Waals surface area (Å²) in [5.74, 6) is 0. The van der Waals surface area contributed by atoms with Crippen LogP contribution in [0, 0.1) is 6.92 Å². The van der Waals surface area contributed by atoms with Crippen molar-refractivity contribution in [3.8, 4) is 0 Å². The van der Waals surface area contributed by atoms with E-state index in [1.807, 2.05) is 13.8 Å². The zero-order valence-corrected chi connectivity index (χ0v) is 15.5. The molecule has 8 heteroatoms. The molecule has 1 aliphatic rings. The molecule has 0 saturated carbocycles. The van der Waals surface area contributed by atoms with Gasteiger partial charge in [0.05, 0.1) is 17.6 Å². The number of benzene rings is 1. The van der Waals surface area contributed by atoms with Crippen molar-refractivity contribution in [3.63, 3.8) is 0 Å². The number of carbonyl (C=O) groups excluding carboxylic acids is 1. The van der Waals surface area contributed by atoms with Crippen LogP contribution in [-0.4, -0.2) is 45.3 Å². The van der Waals surface area contributed by atoms with E-state index in [1.165, 1.54) is 0 Å². The van der Waals surface area contributed by atoms with Crippen LogP contribution in [-0.2, 0) is 19.0 Å². The zero-order chi connectivity index (χ0) is 18.3. The molecule has 0 aromatic heterocycles. The van der Waals surface area contributed by atoms with E-state index in [9.17, 15) is 13.2 Å². The Morgan fingerprint density at radius 2 is 1.88 bits per heavy atom. The molecule has 0 unspecified atom stereocenters. The van der Waals surface area contributed by atoms with Crippen LogP contribution in [0.3, 0.4) is 0 Å². The Kier molecular flexibility index (Phi) is 7.22. The molecule has 0 atom stereocenters. The third-order valence-corrected chi connectivity index (χ3v) is 5.37. The molecule has 7 nitrogen and oxygen atoms in total. The Labute approximate surface area is 149 Å².